The number of carbonyl (C=O) groups excluding carboxylic acids is 1. The summed E-state index contributed by atoms with van der Waals surface area (Å²) in [5.74, 6) is -0.0380. The van der Waals surface area contributed by atoms with Gasteiger partial charge in [-0.3, -0.25) is 9.78 Å². The number of hydrogen-bond donors (Lipinski definition) is 1. The lowest BCUT2D eigenvalue weighted by molar-refractivity contribution is 0.0940. The van der Waals surface area contributed by atoms with Crippen molar-refractivity contribution < 1.29 is 4.79 Å². The molecule has 0 saturated carbocycles. The number of amides is 1. The summed E-state index contributed by atoms with van der Waals surface area (Å²) in [5, 5.41) is 5.04. The van der Waals surface area contributed by atoms with Crippen LogP contribution in [0.2, 0.25) is 0 Å². The van der Waals surface area contributed by atoms with Crippen LogP contribution in [0.15, 0.2) is 42.0 Å². The molecular formula is C16H17N3OS. The predicted octanol–water partition coefficient (Wildman–Crippen LogP) is 3.61. The molecule has 3 aromatic rings. The number of aromatic nitrogens is 2. The van der Waals surface area contributed by atoms with Gasteiger partial charge >= 0.3 is 0 Å². The van der Waals surface area contributed by atoms with E-state index in [1.54, 1.807) is 23.7 Å². The Hall–Kier alpha value is -2.14. The van der Waals surface area contributed by atoms with Crippen LogP contribution >= 0.6 is 11.3 Å². The first kappa shape index (κ1) is 13.8. The van der Waals surface area contributed by atoms with Crippen LogP contribution in [-0.2, 0) is 6.54 Å². The minimum Gasteiger partial charge on any atom is -0.347 e. The van der Waals surface area contributed by atoms with E-state index in [1.807, 2.05) is 18.2 Å². The van der Waals surface area contributed by atoms with Gasteiger partial charge in [0.15, 0.2) is 0 Å². The highest BCUT2D eigenvalue weighted by atomic mass is 32.1. The molecule has 0 aliphatic rings. The first-order chi connectivity index (χ1) is 10.2. The van der Waals surface area contributed by atoms with Crippen molar-refractivity contribution >= 4 is 27.5 Å². The second-order valence-electron chi connectivity index (χ2n) is 5.20. The van der Waals surface area contributed by atoms with Crippen LogP contribution < -0.4 is 5.32 Å². The van der Waals surface area contributed by atoms with Crippen molar-refractivity contribution in [1.29, 1.82) is 0 Å². The zero-order valence-electron chi connectivity index (χ0n) is 12.0. The van der Waals surface area contributed by atoms with E-state index in [0.717, 1.165) is 21.5 Å². The lowest BCUT2D eigenvalue weighted by atomic mass is 10.2. The Bertz CT molecular complexity index is 758. The molecule has 3 aromatic heterocycles. The van der Waals surface area contributed by atoms with Crippen molar-refractivity contribution in [3.63, 3.8) is 0 Å². The Kier molecular flexibility index (Phi) is 3.75. The van der Waals surface area contributed by atoms with Crippen molar-refractivity contribution in [2.75, 3.05) is 0 Å². The molecule has 1 amide bonds. The molecule has 3 rings (SSSR count). The zero-order chi connectivity index (χ0) is 14.8. The molecular weight excluding hydrogens is 282 g/mol. The van der Waals surface area contributed by atoms with Crippen LogP contribution in [0.3, 0.4) is 0 Å². The first-order valence-corrected chi connectivity index (χ1v) is 7.80. The second kappa shape index (κ2) is 5.69. The number of fused-ring (bicyclic) bond motifs is 1. The van der Waals surface area contributed by atoms with Crippen molar-refractivity contribution in [2.45, 2.75) is 26.4 Å². The Labute approximate surface area is 127 Å². The van der Waals surface area contributed by atoms with Crippen molar-refractivity contribution in [1.82, 2.24) is 14.9 Å². The van der Waals surface area contributed by atoms with Crippen LogP contribution in [0.4, 0.5) is 0 Å². The fourth-order valence-electron chi connectivity index (χ4n) is 2.45. The minimum atomic E-state index is -0.0380. The van der Waals surface area contributed by atoms with E-state index < -0.39 is 0 Å². The Balaban J connectivity index is 1.84. The third kappa shape index (κ3) is 2.69. The Morgan fingerprint density at radius 3 is 2.81 bits per heavy atom. The average Bonchev–Trinajstić information content (AvgIpc) is 3.05. The van der Waals surface area contributed by atoms with E-state index >= 15 is 0 Å². The van der Waals surface area contributed by atoms with Gasteiger partial charge in [0.25, 0.3) is 5.91 Å². The SMILES string of the molecule is CC(C)n1c(C(=O)NCc2ccncc2)cc2sccc21. The number of carbonyl (C=O) groups is 1. The topological polar surface area (TPSA) is 46.9 Å². The highest BCUT2D eigenvalue weighted by Gasteiger charge is 2.17. The average molecular weight is 299 g/mol. The normalized spacial score (nSPS) is 11.2. The number of rotatable bonds is 4. The van der Waals surface area contributed by atoms with E-state index in [9.17, 15) is 4.79 Å². The van der Waals surface area contributed by atoms with Crippen LogP contribution in [0.5, 0.6) is 0 Å². The highest BCUT2D eigenvalue weighted by Crippen LogP contribution is 2.28. The lowest BCUT2D eigenvalue weighted by Crippen LogP contribution is -2.26. The van der Waals surface area contributed by atoms with Gasteiger partial charge in [-0.25, -0.2) is 0 Å². The molecule has 21 heavy (non-hydrogen) atoms. The van der Waals surface area contributed by atoms with E-state index in [-0.39, 0.29) is 11.9 Å². The van der Waals surface area contributed by atoms with Gasteiger partial charge in [-0.1, -0.05) is 0 Å². The molecule has 5 heteroatoms. The van der Waals surface area contributed by atoms with E-state index in [0.29, 0.717) is 6.54 Å². The van der Waals surface area contributed by atoms with Gasteiger partial charge in [0.2, 0.25) is 0 Å². The van der Waals surface area contributed by atoms with Crippen molar-refractivity contribution in [2.24, 2.45) is 0 Å². The summed E-state index contributed by atoms with van der Waals surface area (Å²) in [5.41, 5.74) is 2.90. The number of hydrogen-bond acceptors (Lipinski definition) is 3. The summed E-state index contributed by atoms with van der Waals surface area (Å²) in [6.07, 6.45) is 3.46. The standard InChI is InChI=1S/C16H17N3OS/c1-11(2)19-13-5-8-21-15(13)9-14(19)16(20)18-10-12-3-6-17-7-4-12/h3-9,11H,10H2,1-2H3,(H,18,20). The largest absolute Gasteiger partial charge is 0.347 e. The van der Waals surface area contributed by atoms with Crippen molar-refractivity contribution in [3.05, 3.63) is 53.3 Å². The van der Waals surface area contributed by atoms with Gasteiger partial charge in [0, 0.05) is 25.0 Å². The molecule has 0 aliphatic heterocycles. The van der Waals surface area contributed by atoms with Crippen LogP contribution in [0.1, 0.15) is 35.9 Å². The number of nitrogens with one attached hydrogen (secondary N) is 1. The molecule has 0 radical (unpaired) electrons. The number of thiophene rings is 1. The summed E-state index contributed by atoms with van der Waals surface area (Å²) in [6.45, 7) is 4.70. The molecule has 108 valence electrons. The summed E-state index contributed by atoms with van der Waals surface area (Å²) in [7, 11) is 0. The van der Waals surface area contributed by atoms with Crippen LogP contribution in [-0.4, -0.2) is 15.5 Å². The summed E-state index contributed by atoms with van der Waals surface area (Å²) in [4.78, 5) is 16.4. The predicted molar refractivity (Wildman–Crippen MR) is 85.6 cm³/mol. The maximum absolute atomic E-state index is 12.5. The third-order valence-corrected chi connectivity index (χ3v) is 4.26. The fourth-order valence-corrected chi connectivity index (χ4v) is 3.26. The maximum Gasteiger partial charge on any atom is 0.268 e. The zero-order valence-corrected chi connectivity index (χ0v) is 12.9. The minimum absolute atomic E-state index is 0.0380. The van der Waals surface area contributed by atoms with Gasteiger partial charge in [0.1, 0.15) is 5.69 Å². The molecule has 0 unspecified atom stereocenters. The summed E-state index contributed by atoms with van der Waals surface area (Å²) >= 11 is 1.66. The van der Waals surface area contributed by atoms with Gasteiger partial charge < -0.3 is 9.88 Å². The molecule has 0 aliphatic carbocycles. The molecule has 1 N–H and O–H groups in total. The molecule has 0 fully saturated rings. The fraction of sp³-hybridized carbons (Fsp3) is 0.250. The molecule has 0 bridgehead atoms. The summed E-state index contributed by atoms with van der Waals surface area (Å²) < 4.78 is 3.24. The number of nitrogens with zero attached hydrogens (tertiary/aromatic N) is 2. The van der Waals surface area contributed by atoms with Gasteiger partial charge in [-0.05, 0) is 49.1 Å². The smallest absolute Gasteiger partial charge is 0.268 e. The second-order valence-corrected chi connectivity index (χ2v) is 6.15. The van der Waals surface area contributed by atoms with Crippen LogP contribution in [0.25, 0.3) is 10.2 Å². The molecule has 0 aromatic carbocycles. The highest BCUT2D eigenvalue weighted by molar-refractivity contribution is 7.17. The number of pyridine rings is 1. The molecule has 4 nitrogen and oxygen atoms in total. The van der Waals surface area contributed by atoms with Crippen LogP contribution in [0, 0.1) is 0 Å². The monoisotopic (exact) mass is 299 g/mol. The molecule has 3 heterocycles. The van der Waals surface area contributed by atoms with E-state index in [1.165, 1.54) is 0 Å². The first-order valence-electron chi connectivity index (χ1n) is 6.92. The molecule has 0 atom stereocenters. The molecule has 0 spiro atoms. The Morgan fingerprint density at radius 1 is 1.33 bits per heavy atom. The Morgan fingerprint density at radius 2 is 2.10 bits per heavy atom. The maximum atomic E-state index is 12.5. The molecule has 0 saturated heterocycles. The lowest BCUT2D eigenvalue weighted by Gasteiger charge is -2.14. The van der Waals surface area contributed by atoms with E-state index in [4.69, 9.17) is 0 Å². The van der Waals surface area contributed by atoms with Gasteiger partial charge in [0.05, 0.1) is 10.2 Å². The summed E-state index contributed by atoms with van der Waals surface area (Å²) in [6, 6.07) is 8.10. The van der Waals surface area contributed by atoms with Gasteiger partial charge in [-0.15, -0.1) is 11.3 Å². The van der Waals surface area contributed by atoms with E-state index in [2.05, 4.69) is 40.2 Å². The quantitative estimate of drug-likeness (QED) is 0.800. The third-order valence-electron chi connectivity index (χ3n) is 3.41. The van der Waals surface area contributed by atoms with Crippen molar-refractivity contribution in [3.8, 4) is 0 Å². The van der Waals surface area contributed by atoms with Gasteiger partial charge in [-0.2, -0.15) is 0 Å².